The molecule has 2 aliphatic heterocycles. The second-order valence-electron chi connectivity index (χ2n) is 9.05. The number of aromatic nitrogens is 3. The summed E-state index contributed by atoms with van der Waals surface area (Å²) in [5.74, 6) is 0. The van der Waals surface area contributed by atoms with Crippen molar-refractivity contribution in [3.8, 4) is 33.8 Å². The van der Waals surface area contributed by atoms with Gasteiger partial charge in [0.2, 0.25) is 11.4 Å². The average molecular weight is 551 g/mol. The molecular formula is C30H22IN3+2. The van der Waals surface area contributed by atoms with Crippen LogP contribution in [0.5, 0.6) is 0 Å². The monoisotopic (exact) mass is 551 g/mol. The minimum absolute atomic E-state index is 0.153. The van der Waals surface area contributed by atoms with Crippen LogP contribution in [0, 0.1) is 10.5 Å². The first-order valence-corrected chi connectivity index (χ1v) is 12.7. The zero-order valence-corrected chi connectivity index (χ0v) is 20.8. The van der Waals surface area contributed by atoms with E-state index in [0.29, 0.717) is 0 Å². The van der Waals surface area contributed by atoms with Gasteiger partial charge in [0.1, 0.15) is 0 Å². The second-order valence-corrected chi connectivity index (χ2v) is 10.2. The molecule has 2 aliphatic rings. The minimum atomic E-state index is 0.153. The number of halogens is 1. The summed E-state index contributed by atoms with van der Waals surface area (Å²) in [6, 6.07) is 31.0. The fraction of sp³-hybridized carbons (Fsp3) is 0.100. The van der Waals surface area contributed by atoms with Gasteiger partial charge < -0.3 is 0 Å². The van der Waals surface area contributed by atoms with Crippen LogP contribution in [0.2, 0.25) is 0 Å². The smallest absolute Gasteiger partial charge is 0.250 e. The number of fused-ring (bicyclic) bond motifs is 11. The summed E-state index contributed by atoms with van der Waals surface area (Å²) in [5.41, 5.74) is 11.4. The number of aryl methyl sites for hydroxylation is 1. The van der Waals surface area contributed by atoms with Crippen molar-refractivity contribution in [1.82, 2.24) is 4.98 Å². The van der Waals surface area contributed by atoms with E-state index in [2.05, 4.69) is 135 Å². The largest absolute Gasteiger partial charge is 0.256 e. The van der Waals surface area contributed by atoms with E-state index in [1.165, 1.54) is 48.3 Å². The van der Waals surface area contributed by atoms with Crippen molar-refractivity contribution in [3.63, 3.8) is 0 Å². The van der Waals surface area contributed by atoms with Crippen molar-refractivity contribution in [2.75, 3.05) is 0 Å². The average Bonchev–Trinajstić information content (AvgIpc) is 2.88. The van der Waals surface area contributed by atoms with Crippen molar-refractivity contribution >= 4 is 22.6 Å². The summed E-state index contributed by atoms with van der Waals surface area (Å²) in [4.78, 5) is 4.68. The molecule has 0 amide bonds. The summed E-state index contributed by atoms with van der Waals surface area (Å²) in [5, 5.41) is 0. The first-order chi connectivity index (χ1) is 16.7. The molecule has 3 aromatic heterocycles. The Morgan fingerprint density at radius 3 is 2.41 bits per heavy atom. The lowest BCUT2D eigenvalue weighted by atomic mass is 9.79. The highest BCUT2D eigenvalue weighted by Gasteiger charge is 2.52. The van der Waals surface area contributed by atoms with E-state index in [1.54, 1.807) is 0 Å². The molecule has 4 heteroatoms. The van der Waals surface area contributed by atoms with Crippen LogP contribution in [0.3, 0.4) is 0 Å². The normalized spacial score (nSPS) is 17.1. The van der Waals surface area contributed by atoms with E-state index in [9.17, 15) is 0 Å². The molecule has 0 aliphatic carbocycles. The molecule has 0 spiro atoms. The topological polar surface area (TPSA) is 20.6 Å². The molecular weight excluding hydrogens is 529 g/mol. The van der Waals surface area contributed by atoms with E-state index in [1.807, 2.05) is 12.3 Å². The molecule has 2 unspecified atom stereocenters. The molecule has 3 nitrogen and oxygen atoms in total. The summed E-state index contributed by atoms with van der Waals surface area (Å²) in [6.07, 6.45) is 6.45. The molecule has 0 saturated heterocycles. The third-order valence-corrected chi connectivity index (χ3v) is 8.13. The van der Waals surface area contributed by atoms with E-state index in [0.717, 1.165) is 5.69 Å². The number of rotatable bonds is 1. The maximum atomic E-state index is 4.68. The summed E-state index contributed by atoms with van der Waals surface area (Å²) in [6.45, 7) is 2.20. The molecule has 162 valence electrons. The summed E-state index contributed by atoms with van der Waals surface area (Å²) in [7, 11) is 0. The van der Waals surface area contributed by atoms with Crippen LogP contribution < -0.4 is 9.13 Å². The van der Waals surface area contributed by atoms with Gasteiger partial charge in [-0.1, -0.05) is 36.4 Å². The SMILES string of the molecule is Cc1cc2[n+](cc1-c1ccccn1)C1c3ccccc3-c3cccc[n+]3C1c1cccc(I)c1-2. The Balaban J connectivity index is 1.61. The zero-order valence-electron chi connectivity index (χ0n) is 18.7. The Labute approximate surface area is 212 Å². The zero-order chi connectivity index (χ0) is 22.8. The third-order valence-electron chi connectivity index (χ3n) is 7.23. The lowest BCUT2D eigenvalue weighted by molar-refractivity contribution is -0.799. The van der Waals surface area contributed by atoms with Gasteiger partial charge in [-0.05, 0) is 65.4 Å². The lowest BCUT2D eigenvalue weighted by Crippen LogP contribution is -2.60. The molecule has 2 aromatic carbocycles. The maximum Gasteiger partial charge on any atom is 0.250 e. The van der Waals surface area contributed by atoms with Gasteiger partial charge in [-0.15, -0.1) is 0 Å². The van der Waals surface area contributed by atoms with E-state index in [-0.39, 0.29) is 12.1 Å². The van der Waals surface area contributed by atoms with Crippen LogP contribution in [0.15, 0.2) is 104 Å². The molecule has 2 atom stereocenters. The van der Waals surface area contributed by atoms with E-state index >= 15 is 0 Å². The minimum Gasteiger partial charge on any atom is -0.256 e. The molecule has 0 radical (unpaired) electrons. The van der Waals surface area contributed by atoms with Gasteiger partial charge >= 0.3 is 0 Å². The highest BCUT2D eigenvalue weighted by Crippen LogP contribution is 2.46. The van der Waals surface area contributed by atoms with Gasteiger partial charge in [-0.25, -0.2) is 0 Å². The molecule has 34 heavy (non-hydrogen) atoms. The Kier molecular flexibility index (Phi) is 4.46. The molecule has 7 rings (SSSR count). The van der Waals surface area contributed by atoms with Crippen LogP contribution >= 0.6 is 22.6 Å². The summed E-state index contributed by atoms with van der Waals surface area (Å²) >= 11 is 2.50. The Morgan fingerprint density at radius 2 is 1.53 bits per heavy atom. The standard InChI is InChI=1S/C30H22IN3/c1-19-17-27-28-22(11-8-12-24(28)31)30-29(34(27)18-23(19)25-13-4-6-15-32-25)21-10-3-2-9-20(21)26-14-5-7-16-33(26)30/h2-18,29-30H,1H3/q+2. The second kappa shape index (κ2) is 7.57. The number of hydrogen-bond acceptors (Lipinski definition) is 1. The Bertz CT molecular complexity index is 1590. The molecule has 0 saturated carbocycles. The highest BCUT2D eigenvalue weighted by atomic mass is 127. The molecule has 5 heterocycles. The van der Waals surface area contributed by atoms with Crippen LogP contribution in [-0.2, 0) is 0 Å². The number of pyridine rings is 3. The Hall–Kier alpha value is -3.38. The summed E-state index contributed by atoms with van der Waals surface area (Å²) < 4.78 is 6.26. The van der Waals surface area contributed by atoms with Gasteiger partial charge in [-0.2, -0.15) is 9.13 Å². The van der Waals surface area contributed by atoms with Gasteiger partial charge in [0, 0.05) is 39.1 Å². The molecule has 0 N–H and O–H groups in total. The molecule has 5 aromatic rings. The van der Waals surface area contributed by atoms with Gasteiger partial charge in [0.25, 0.3) is 12.1 Å². The quantitative estimate of drug-likeness (QED) is 0.183. The van der Waals surface area contributed by atoms with Crippen molar-refractivity contribution < 1.29 is 9.13 Å². The number of benzene rings is 2. The first kappa shape index (κ1) is 20.0. The van der Waals surface area contributed by atoms with Crippen molar-refractivity contribution in [2.24, 2.45) is 0 Å². The van der Waals surface area contributed by atoms with Crippen LogP contribution in [0.25, 0.3) is 33.8 Å². The van der Waals surface area contributed by atoms with Crippen LogP contribution in [0.4, 0.5) is 0 Å². The first-order valence-electron chi connectivity index (χ1n) is 11.6. The maximum absolute atomic E-state index is 4.68. The van der Waals surface area contributed by atoms with Gasteiger partial charge in [-0.3, -0.25) is 4.98 Å². The van der Waals surface area contributed by atoms with Crippen LogP contribution in [-0.4, -0.2) is 4.98 Å². The van der Waals surface area contributed by atoms with E-state index in [4.69, 9.17) is 0 Å². The predicted octanol–water partition coefficient (Wildman–Crippen LogP) is 6.08. The van der Waals surface area contributed by atoms with Crippen molar-refractivity contribution in [3.05, 3.63) is 124 Å². The molecule has 0 fully saturated rings. The number of hydrogen-bond donors (Lipinski definition) is 0. The fourth-order valence-corrected chi connectivity index (χ4v) is 6.60. The lowest BCUT2D eigenvalue weighted by Gasteiger charge is -2.32. The van der Waals surface area contributed by atoms with Gasteiger partial charge in [0.05, 0.1) is 22.4 Å². The fourth-order valence-electron chi connectivity index (χ4n) is 5.81. The van der Waals surface area contributed by atoms with Gasteiger partial charge in [0.15, 0.2) is 12.4 Å². The van der Waals surface area contributed by atoms with Crippen molar-refractivity contribution in [2.45, 2.75) is 19.0 Å². The number of nitrogens with zero attached hydrogens (tertiary/aromatic N) is 3. The third kappa shape index (κ3) is 2.78. The predicted molar refractivity (Wildman–Crippen MR) is 141 cm³/mol. The highest BCUT2D eigenvalue weighted by molar-refractivity contribution is 14.1. The van der Waals surface area contributed by atoms with Crippen LogP contribution in [0.1, 0.15) is 28.8 Å². The molecule has 0 bridgehead atoms. The van der Waals surface area contributed by atoms with Crippen molar-refractivity contribution in [1.29, 1.82) is 0 Å². The Morgan fingerprint density at radius 1 is 0.735 bits per heavy atom. The van der Waals surface area contributed by atoms with E-state index < -0.39 is 0 Å².